The minimum absolute atomic E-state index is 0.197. The largest absolute Gasteiger partial charge is 0.463 e. The monoisotopic (exact) mass is 460 g/mol. The van der Waals surface area contributed by atoms with Crippen molar-refractivity contribution in [2.75, 3.05) is 6.61 Å². The highest BCUT2D eigenvalue weighted by atomic mass is 28.4. The molecule has 1 fully saturated rings. The number of hydrogen-bond acceptors (Lipinski definition) is 3. The van der Waals surface area contributed by atoms with E-state index in [9.17, 15) is 4.79 Å². The quantitative estimate of drug-likeness (QED) is 0.129. The third-order valence-electron chi connectivity index (χ3n) is 8.32. The average Bonchev–Trinajstić information content (AvgIpc) is 2.69. The second-order valence-corrected chi connectivity index (χ2v) is 16.4. The Morgan fingerprint density at radius 1 is 1.12 bits per heavy atom. The van der Waals surface area contributed by atoms with Crippen molar-refractivity contribution in [3.05, 3.63) is 36.0 Å². The van der Waals surface area contributed by atoms with Gasteiger partial charge in [0.15, 0.2) is 8.32 Å². The number of rotatable bonds is 7. The van der Waals surface area contributed by atoms with Crippen LogP contribution in [0.5, 0.6) is 0 Å². The standard InChI is InChI=1S/C28H48O3Si/c1-11-22(27(29)30-12-2)14-13-15-24-19(3)16-17-23-18-20(4)26(21(5)25(23)24)31-32(9,10)28(6,7)8/h13-17,19-21,23-26H,11-12,18H2,1-10H3/b15-13+,22-14+/t19-,20+,21-,23-,24-,25-,26-/m0/s1. The smallest absolute Gasteiger partial charge is 0.333 e. The van der Waals surface area contributed by atoms with E-state index >= 15 is 0 Å². The van der Waals surface area contributed by atoms with Crippen molar-refractivity contribution < 1.29 is 14.0 Å². The molecular weight excluding hydrogens is 412 g/mol. The van der Waals surface area contributed by atoms with E-state index in [0.717, 1.165) is 5.57 Å². The van der Waals surface area contributed by atoms with Crippen LogP contribution in [0.25, 0.3) is 0 Å². The molecule has 3 nitrogen and oxygen atoms in total. The van der Waals surface area contributed by atoms with Gasteiger partial charge in [-0.1, -0.05) is 78.8 Å². The van der Waals surface area contributed by atoms with Crippen LogP contribution in [0.4, 0.5) is 0 Å². The van der Waals surface area contributed by atoms with Crippen molar-refractivity contribution in [3.63, 3.8) is 0 Å². The van der Waals surface area contributed by atoms with Crippen molar-refractivity contribution >= 4 is 14.3 Å². The van der Waals surface area contributed by atoms with Crippen LogP contribution in [0.1, 0.15) is 68.2 Å². The number of fused-ring (bicyclic) bond motifs is 1. The van der Waals surface area contributed by atoms with Gasteiger partial charge in [-0.05, 0) is 73.4 Å². The zero-order valence-corrected chi connectivity index (χ0v) is 23.3. The third-order valence-corrected chi connectivity index (χ3v) is 12.8. The van der Waals surface area contributed by atoms with E-state index in [2.05, 4.69) is 78.9 Å². The lowest BCUT2D eigenvalue weighted by Crippen LogP contribution is -2.53. The van der Waals surface area contributed by atoms with Gasteiger partial charge in [-0.2, -0.15) is 0 Å². The van der Waals surface area contributed by atoms with Gasteiger partial charge in [-0.3, -0.25) is 0 Å². The zero-order valence-electron chi connectivity index (χ0n) is 22.3. The Balaban J connectivity index is 2.28. The van der Waals surface area contributed by atoms with Crippen molar-refractivity contribution in [2.45, 2.75) is 92.5 Å². The molecular formula is C28H48O3Si. The first-order chi connectivity index (χ1) is 14.8. The maximum Gasteiger partial charge on any atom is 0.333 e. The van der Waals surface area contributed by atoms with Crippen LogP contribution < -0.4 is 0 Å². The molecule has 7 atom stereocenters. The molecule has 0 radical (unpaired) electrons. The van der Waals surface area contributed by atoms with E-state index in [-0.39, 0.29) is 11.0 Å². The van der Waals surface area contributed by atoms with Crippen molar-refractivity contribution in [1.82, 2.24) is 0 Å². The fourth-order valence-corrected chi connectivity index (χ4v) is 6.87. The van der Waals surface area contributed by atoms with Gasteiger partial charge >= 0.3 is 5.97 Å². The van der Waals surface area contributed by atoms with E-state index < -0.39 is 8.32 Å². The number of hydrogen-bond donors (Lipinski definition) is 0. The zero-order chi connectivity index (χ0) is 24.3. The second kappa shape index (κ2) is 10.9. The van der Waals surface area contributed by atoms with Crippen molar-refractivity contribution in [1.29, 1.82) is 0 Å². The van der Waals surface area contributed by atoms with Gasteiger partial charge in [0.05, 0.1) is 12.7 Å². The number of ether oxygens (including phenoxy) is 1. The van der Waals surface area contributed by atoms with Gasteiger partial charge in [0.1, 0.15) is 0 Å². The Hall–Kier alpha value is -1.13. The minimum Gasteiger partial charge on any atom is -0.463 e. The molecule has 1 saturated carbocycles. The van der Waals surface area contributed by atoms with E-state index in [0.29, 0.717) is 54.6 Å². The maximum atomic E-state index is 12.1. The third kappa shape index (κ3) is 6.05. The fraction of sp³-hybridized carbons (Fsp3) is 0.750. The molecule has 0 bridgehead atoms. The molecule has 0 spiro atoms. The lowest BCUT2D eigenvalue weighted by molar-refractivity contribution is -0.138. The number of carbonyl (C=O) groups excluding carboxylic acids is 1. The summed E-state index contributed by atoms with van der Waals surface area (Å²) in [6.07, 6.45) is 13.5. The Morgan fingerprint density at radius 2 is 1.78 bits per heavy atom. The van der Waals surface area contributed by atoms with Gasteiger partial charge < -0.3 is 9.16 Å². The number of esters is 1. The summed E-state index contributed by atoms with van der Waals surface area (Å²) in [7, 11) is -1.83. The summed E-state index contributed by atoms with van der Waals surface area (Å²) in [5, 5.41) is 0.219. The van der Waals surface area contributed by atoms with Gasteiger partial charge in [-0.25, -0.2) is 4.79 Å². The van der Waals surface area contributed by atoms with Crippen molar-refractivity contribution in [2.24, 2.45) is 35.5 Å². The molecule has 2 rings (SSSR count). The number of allylic oxidation sites excluding steroid dienone is 5. The summed E-state index contributed by atoms with van der Waals surface area (Å²) in [5.41, 5.74) is 0.739. The van der Waals surface area contributed by atoms with Crippen LogP contribution in [-0.2, 0) is 14.0 Å². The summed E-state index contributed by atoms with van der Waals surface area (Å²) in [6.45, 7) is 23.2. The highest BCUT2D eigenvalue weighted by Gasteiger charge is 2.49. The molecule has 0 N–H and O–H groups in total. The van der Waals surface area contributed by atoms with Gasteiger partial charge in [-0.15, -0.1) is 0 Å². The molecule has 32 heavy (non-hydrogen) atoms. The molecule has 0 aromatic carbocycles. The van der Waals surface area contributed by atoms with E-state index in [1.54, 1.807) is 0 Å². The van der Waals surface area contributed by atoms with E-state index in [4.69, 9.17) is 9.16 Å². The predicted molar refractivity (Wildman–Crippen MR) is 138 cm³/mol. The molecule has 182 valence electrons. The molecule has 0 saturated heterocycles. The molecule has 2 aliphatic rings. The van der Waals surface area contributed by atoms with Crippen molar-refractivity contribution in [3.8, 4) is 0 Å². The van der Waals surface area contributed by atoms with Crippen LogP contribution in [0, 0.1) is 35.5 Å². The number of carbonyl (C=O) groups is 1. The topological polar surface area (TPSA) is 35.5 Å². The molecule has 0 unspecified atom stereocenters. The van der Waals surface area contributed by atoms with Gasteiger partial charge in [0, 0.05) is 5.57 Å². The van der Waals surface area contributed by atoms with Gasteiger partial charge in [0.25, 0.3) is 0 Å². The highest BCUT2D eigenvalue weighted by Crippen LogP contribution is 2.51. The Morgan fingerprint density at radius 3 is 2.34 bits per heavy atom. The van der Waals surface area contributed by atoms with Crippen LogP contribution in [-0.4, -0.2) is 27.0 Å². The van der Waals surface area contributed by atoms with E-state index in [1.165, 1.54) is 6.42 Å². The van der Waals surface area contributed by atoms with Crippen LogP contribution in [0.15, 0.2) is 36.0 Å². The molecule has 0 aromatic heterocycles. The average molecular weight is 461 g/mol. The lowest BCUT2D eigenvalue weighted by Gasteiger charge is -2.52. The first-order valence-corrected chi connectivity index (χ1v) is 15.6. The van der Waals surface area contributed by atoms with Crippen LogP contribution in [0.3, 0.4) is 0 Å². The van der Waals surface area contributed by atoms with Crippen LogP contribution in [0.2, 0.25) is 18.1 Å². The normalized spacial score (nSPS) is 33.9. The van der Waals surface area contributed by atoms with E-state index in [1.807, 2.05) is 19.9 Å². The summed E-state index contributed by atoms with van der Waals surface area (Å²) >= 11 is 0. The Kier molecular flexibility index (Phi) is 9.20. The second-order valence-electron chi connectivity index (χ2n) is 11.6. The van der Waals surface area contributed by atoms with Gasteiger partial charge in [0.2, 0.25) is 0 Å². The summed E-state index contributed by atoms with van der Waals surface area (Å²) in [4.78, 5) is 12.1. The summed E-state index contributed by atoms with van der Waals surface area (Å²) in [5.74, 6) is 2.98. The molecule has 0 amide bonds. The Labute approximate surface area is 198 Å². The molecule has 2 aliphatic carbocycles. The van der Waals surface area contributed by atoms with Crippen LogP contribution >= 0.6 is 0 Å². The molecule has 0 aliphatic heterocycles. The molecule has 0 heterocycles. The predicted octanol–water partition coefficient (Wildman–Crippen LogP) is 7.56. The summed E-state index contributed by atoms with van der Waals surface area (Å²) < 4.78 is 12.2. The first kappa shape index (κ1) is 27.1. The fourth-order valence-electron chi connectivity index (χ4n) is 5.39. The highest BCUT2D eigenvalue weighted by molar-refractivity contribution is 6.74. The first-order valence-electron chi connectivity index (χ1n) is 12.7. The SMILES string of the molecule is CCOC(=O)/C(=C/C=C/[C@@H]1[C@H]2[C@H](C)[C@@H](O[Si](C)(C)C(C)(C)C)[C@H](C)C[C@@H]2C=C[C@@H]1C)CC. The lowest BCUT2D eigenvalue weighted by atomic mass is 9.58. The maximum absolute atomic E-state index is 12.1. The minimum atomic E-state index is -1.83. The molecule has 0 aromatic rings. The Bertz CT molecular complexity index is 727. The molecule has 4 heteroatoms. The summed E-state index contributed by atoms with van der Waals surface area (Å²) in [6, 6.07) is 0.